The Morgan fingerprint density at radius 1 is 1.12 bits per heavy atom. The standard InChI is InChI=1S/C21H24BClN2O/c1-12-14(3)25(22)20-18(12)19(15-7-9-16(23)10-8-15)17(13(2)24-20)11-26-21(4,5)6/h7-10H,11H2,1-6H3. The highest BCUT2D eigenvalue weighted by Crippen LogP contribution is 2.38. The molecule has 0 N–H and O–H groups in total. The summed E-state index contributed by atoms with van der Waals surface area (Å²) in [5.41, 5.74) is 6.93. The average molecular weight is 367 g/mol. The van der Waals surface area contributed by atoms with Crippen molar-refractivity contribution in [3.63, 3.8) is 0 Å². The molecule has 0 bridgehead atoms. The normalized spacial score (nSPS) is 12.1. The Balaban J connectivity index is 2.34. The van der Waals surface area contributed by atoms with E-state index >= 15 is 0 Å². The quantitative estimate of drug-likeness (QED) is 0.570. The van der Waals surface area contributed by atoms with E-state index < -0.39 is 0 Å². The van der Waals surface area contributed by atoms with E-state index in [9.17, 15) is 0 Å². The number of rotatable bonds is 3. The Morgan fingerprint density at radius 2 is 1.73 bits per heavy atom. The van der Waals surface area contributed by atoms with Crippen molar-refractivity contribution < 1.29 is 4.74 Å². The summed E-state index contributed by atoms with van der Waals surface area (Å²) in [5.74, 6) is 0. The van der Waals surface area contributed by atoms with Gasteiger partial charge in [0.2, 0.25) is 7.98 Å². The van der Waals surface area contributed by atoms with Crippen LogP contribution in [0.1, 0.15) is 43.3 Å². The van der Waals surface area contributed by atoms with E-state index in [1.807, 2.05) is 38.1 Å². The number of pyridine rings is 1. The first-order valence-corrected chi connectivity index (χ1v) is 9.14. The lowest BCUT2D eigenvalue weighted by molar-refractivity contribution is -0.0150. The van der Waals surface area contributed by atoms with Gasteiger partial charge in [-0.3, -0.25) is 0 Å². The van der Waals surface area contributed by atoms with Crippen LogP contribution in [-0.4, -0.2) is 23.0 Å². The van der Waals surface area contributed by atoms with Crippen molar-refractivity contribution in [1.29, 1.82) is 0 Å². The third kappa shape index (κ3) is 3.41. The van der Waals surface area contributed by atoms with Crippen LogP contribution in [0.5, 0.6) is 0 Å². The molecule has 2 radical (unpaired) electrons. The van der Waals surface area contributed by atoms with Gasteiger partial charge in [-0.05, 0) is 64.8 Å². The molecule has 26 heavy (non-hydrogen) atoms. The summed E-state index contributed by atoms with van der Waals surface area (Å²) >= 11 is 6.11. The molecule has 134 valence electrons. The van der Waals surface area contributed by atoms with Gasteiger partial charge >= 0.3 is 0 Å². The van der Waals surface area contributed by atoms with Crippen LogP contribution < -0.4 is 0 Å². The predicted molar refractivity (Wildman–Crippen MR) is 110 cm³/mol. The largest absolute Gasteiger partial charge is 0.386 e. The van der Waals surface area contributed by atoms with Gasteiger partial charge in [0.15, 0.2) is 0 Å². The highest BCUT2D eigenvalue weighted by atomic mass is 35.5. The zero-order chi connectivity index (χ0) is 19.2. The van der Waals surface area contributed by atoms with Crippen LogP contribution in [0.4, 0.5) is 0 Å². The van der Waals surface area contributed by atoms with Gasteiger partial charge in [0.05, 0.1) is 12.2 Å². The van der Waals surface area contributed by atoms with Gasteiger partial charge in [-0.1, -0.05) is 23.7 Å². The zero-order valence-electron chi connectivity index (χ0n) is 16.3. The zero-order valence-corrected chi connectivity index (χ0v) is 17.0. The predicted octanol–water partition coefficient (Wildman–Crippen LogP) is 5.53. The van der Waals surface area contributed by atoms with Crippen LogP contribution >= 0.6 is 11.6 Å². The fourth-order valence-corrected chi connectivity index (χ4v) is 3.30. The second-order valence-electron chi connectivity index (χ2n) is 7.74. The molecule has 0 fully saturated rings. The lowest BCUT2D eigenvalue weighted by Gasteiger charge is -2.22. The average Bonchev–Trinajstić information content (AvgIpc) is 2.77. The molecule has 3 rings (SSSR count). The first-order chi connectivity index (χ1) is 12.1. The molecule has 1 aromatic carbocycles. The molecule has 5 heteroatoms. The van der Waals surface area contributed by atoms with E-state index in [4.69, 9.17) is 29.3 Å². The lowest BCUT2D eigenvalue weighted by Crippen LogP contribution is -2.19. The summed E-state index contributed by atoms with van der Waals surface area (Å²) in [6.45, 7) is 12.8. The molecule has 0 saturated carbocycles. The molecule has 0 saturated heterocycles. The van der Waals surface area contributed by atoms with Gasteiger partial charge in [0.1, 0.15) is 5.65 Å². The Morgan fingerprint density at radius 3 is 2.31 bits per heavy atom. The first kappa shape index (κ1) is 19.0. The van der Waals surface area contributed by atoms with E-state index in [-0.39, 0.29) is 5.60 Å². The summed E-state index contributed by atoms with van der Waals surface area (Å²) in [7, 11) is 6.27. The molecule has 0 unspecified atom stereocenters. The molecule has 0 aliphatic carbocycles. The summed E-state index contributed by atoms with van der Waals surface area (Å²) < 4.78 is 7.78. The molecule has 2 heterocycles. The molecule has 0 amide bonds. The van der Waals surface area contributed by atoms with Crippen molar-refractivity contribution in [2.24, 2.45) is 0 Å². The summed E-state index contributed by atoms with van der Waals surface area (Å²) in [6, 6.07) is 7.91. The van der Waals surface area contributed by atoms with Gasteiger partial charge in [0, 0.05) is 32.9 Å². The number of aryl methyl sites for hydroxylation is 2. The summed E-state index contributed by atoms with van der Waals surface area (Å²) in [5, 5.41) is 1.79. The number of hydrogen-bond acceptors (Lipinski definition) is 2. The fourth-order valence-electron chi connectivity index (χ4n) is 3.18. The van der Waals surface area contributed by atoms with Crippen LogP contribution in [0.25, 0.3) is 22.2 Å². The maximum absolute atomic E-state index is 6.27. The number of aromatic nitrogens is 2. The van der Waals surface area contributed by atoms with Crippen molar-refractivity contribution >= 4 is 30.6 Å². The number of halogens is 1. The SMILES string of the molecule is [B]n1c(C)c(C)c2c(-c3ccc(Cl)cc3)c(COC(C)(C)C)c(C)nc21. The fraction of sp³-hybridized carbons (Fsp3) is 0.381. The number of benzene rings is 1. The summed E-state index contributed by atoms with van der Waals surface area (Å²) in [4.78, 5) is 4.79. The minimum absolute atomic E-state index is 0.233. The van der Waals surface area contributed by atoms with Crippen LogP contribution in [0.3, 0.4) is 0 Å². The molecule has 2 aromatic heterocycles. The molecule has 0 atom stereocenters. The van der Waals surface area contributed by atoms with Gasteiger partial charge in [-0.15, -0.1) is 0 Å². The molecular weight excluding hydrogens is 343 g/mol. The Labute approximate surface area is 161 Å². The number of hydrogen-bond donors (Lipinski definition) is 0. The minimum atomic E-state index is -0.233. The highest BCUT2D eigenvalue weighted by molar-refractivity contribution is 6.30. The Hall–Kier alpha value is -1.78. The third-order valence-electron chi connectivity index (χ3n) is 4.78. The Kier molecular flexibility index (Phi) is 4.93. The first-order valence-electron chi connectivity index (χ1n) is 8.76. The lowest BCUT2D eigenvalue weighted by atomic mass is 9.94. The monoisotopic (exact) mass is 366 g/mol. The second-order valence-corrected chi connectivity index (χ2v) is 8.17. The van der Waals surface area contributed by atoms with Crippen molar-refractivity contribution in [3.8, 4) is 11.1 Å². The van der Waals surface area contributed by atoms with E-state index in [1.165, 1.54) is 0 Å². The van der Waals surface area contributed by atoms with Crippen LogP contribution in [0, 0.1) is 20.8 Å². The van der Waals surface area contributed by atoms with Crippen molar-refractivity contribution in [2.45, 2.75) is 53.8 Å². The summed E-state index contributed by atoms with van der Waals surface area (Å²) in [6.07, 6.45) is 0. The van der Waals surface area contributed by atoms with Gasteiger partial charge in [-0.25, -0.2) is 4.98 Å². The maximum Gasteiger partial charge on any atom is 0.236 e. The van der Waals surface area contributed by atoms with Gasteiger partial charge < -0.3 is 9.21 Å². The number of ether oxygens (including phenoxy) is 1. The van der Waals surface area contributed by atoms with Crippen LogP contribution in [-0.2, 0) is 11.3 Å². The van der Waals surface area contributed by atoms with Crippen molar-refractivity contribution in [2.75, 3.05) is 0 Å². The Bertz CT molecular complexity index is 969. The topological polar surface area (TPSA) is 27.1 Å². The van der Waals surface area contributed by atoms with Crippen LogP contribution in [0.15, 0.2) is 24.3 Å². The molecular formula is C21H24BClN2O. The number of fused-ring (bicyclic) bond motifs is 1. The highest BCUT2D eigenvalue weighted by Gasteiger charge is 2.22. The second kappa shape index (κ2) is 6.75. The molecule has 3 aromatic rings. The maximum atomic E-state index is 6.27. The molecule has 0 spiro atoms. The molecule has 0 aliphatic heterocycles. The van der Waals surface area contributed by atoms with Crippen molar-refractivity contribution in [3.05, 3.63) is 51.8 Å². The smallest absolute Gasteiger partial charge is 0.236 e. The van der Waals surface area contributed by atoms with Crippen LogP contribution in [0.2, 0.25) is 5.02 Å². The van der Waals surface area contributed by atoms with E-state index in [0.717, 1.165) is 44.7 Å². The van der Waals surface area contributed by atoms with Crippen molar-refractivity contribution in [1.82, 2.24) is 9.46 Å². The van der Waals surface area contributed by atoms with Gasteiger partial charge in [-0.2, -0.15) is 0 Å². The van der Waals surface area contributed by atoms with E-state index in [1.54, 1.807) is 4.48 Å². The molecule has 0 aliphatic rings. The van der Waals surface area contributed by atoms with E-state index in [0.29, 0.717) is 11.6 Å². The van der Waals surface area contributed by atoms with E-state index in [2.05, 4.69) is 27.7 Å². The van der Waals surface area contributed by atoms with Gasteiger partial charge in [0.25, 0.3) is 0 Å². The third-order valence-corrected chi connectivity index (χ3v) is 5.03. The molecule has 3 nitrogen and oxygen atoms in total. The minimum Gasteiger partial charge on any atom is -0.386 e. The number of nitrogens with zero attached hydrogens (tertiary/aromatic N) is 2.